The van der Waals surface area contributed by atoms with Crippen LogP contribution in [-0.2, 0) is 19.1 Å². The summed E-state index contributed by atoms with van der Waals surface area (Å²) < 4.78 is 10.5. The van der Waals surface area contributed by atoms with Gasteiger partial charge in [-0.05, 0) is 35.6 Å². The molecule has 1 aliphatic carbocycles. The largest absolute Gasteiger partial charge is 0.481 e. The average molecular weight is 440 g/mol. The monoisotopic (exact) mass is 440 g/mol. The van der Waals surface area contributed by atoms with Crippen molar-refractivity contribution in [3.63, 3.8) is 0 Å². The second-order valence-electron chi connectivity index (χ2n) is 7.82. The third-order valence-corrected chi connectivity index (χ3v) is 5.47. The molecule has 0 saturated heterocycles. The van der Waals surface area contributed by atoms with Gasteiger partial charge in [0.15, 0.2) is 0 Å². The Morgan fingerprint density at radius 3 is 2.16 bits per heavy atom. The number of carboxylic acid groups (broad SMARTS) is 1. The molecule has 32 heavy (non-hydrogen) atoms. The summed E-state index contributed by atoms with van der Waals surface area (Å²) in [5.41, 5.74) is 4.45. The van der Waals surface area contributed by atoms with E-state index < -0.39 is 24.0 Å². The molecule has 0 bridgehead atoms. The smallest absolute Gasteiger partial charge is 0.407 e. The Hall–Kier alpha value is -3.39. The summed E-state index contributed by atoms with van der Waals surface area (Å²) >= 11 is 0. The van der Waals surface area contributed by atoms with Crippen molar-refractivity contribution in [2.24, 2.45) is 0 Å². The number of hydrogen-bond acceptors (Lipinski definition) is 5. The van der Waals surface area contributed by atoms with Crippen LogP contribution in [0.4, 0.5) is 4.79 Å². The zero-order valence-electron chi connectivity index (χ0n) is 18.2. The minimum atomic E-state index is -0.956. The van der Waals surface area contributed by atoms with Crippen LogP contribution in [0.1, 0.15) is 36.8 Å². The quantitative estimate of drug-likeness (QED) is 0.524. The van der Waals surface area contributed by atoms with Crippen LogP contribution >= 0.6 is 0 Å². The standard InChI is InChI=1S/C24H28N2O6/c1-15(11-12-22(27)28)25-23(29)21(14-31-2)26-24(30)32-13-20-18-9-5-3-7-16(18)17-8-4-6-10-19(17)20/h3-10,15,20-21H,11-14H2,1-2H3,(H,25,29)(H,26,30)(H,27,28). The molecule has 2 aromatic carbocycles. The van der Waals surface area contributed by atoms with Gasteiger partial charge in [-0.3, -0.25) is 9.59 Å². The number of benzene rings is 2. The topological polar surface area (TPSA) is 114 Å². The fourth-order valence-electron chi connectivity index (χ4n) is 3.89. The van der Waals surface area contributed by atoms with E-state index in [1.165, 1.54) is 7.11 Å². The number of fused-ring (bicyclic) bond motifs is 3. The minimum absolute atomic E-state index is 0.0400. The van der Waals surface area contributed by atoms with Crippen molar-refractivity contribution in [2.45, 2.75) is 37.8 Å². The third kappa shape index (κ3) is 5.64. The Kier molecular flexibility index (Phi) is 7.83. The Labute approximate surface area is 186 Å². The van der Waals surface area contributed by atoms with Crippen LogP contribution in [0.5, 0.6) is 0 Å². The Morgan fingerprint density at radius 2 is 1.59 bits per heavy atom. The van der Waals surface area contributed by atoms with E-state index in [0.717, 1.165) is 22.3 Å². The Balaban J connectivity index is 1.59. The maximum atomic E-state index is 12.5. The number of rotatable bonds is 10. The number of hydrogen-bond donors (Lipinski definition) is 3. The van der Waals surface area contributed by atoms with Crippen molar-refractivity contribution in [1.29, 1.82) is 0 Å². The molecule has 0 heterocycles. The summed E-state index contributed by atoms with van der Waals surface area (Å²) in [5.74, 6) is -1.48. The molecular formula is C24H28N2O6. The normalized spacial score (nSPS) is 14.1. The highest BCUT2D eigenvalue weighted by atomic mass is 16.5. The van der Waals surface area contributed by atoms with Crippen LogP contribution < -0.4 is 10.6 Å². The number of methoxy groups -OCH3 is 1. The highest BCUT2D eigenvalue weighted by Gasteiger charge is 2.30. The van der Waals surface area contributed by atoms with Gasteiger partial charge in [0.2, 0.25) is 5.91 Å². The third-order valence-electron chi connectivity index (χ3n) is 5.47. The van der Waals surface area contributed by atoms with Gasteiger partial charge in [-0.2, -0.15) is 0 Å². The van der Waals surface area contributed by atoms with Crippen LogP contribution in [0.3, 0.4) is 0 Å². The van der Waals surface area contributed by atoms with E-state index in [2.05, 4.69) is 22.8 Å². The summed E-state index contributed by atoms with van der Waals surface area (Å²) in [6.07, 6.45) is -0.496. The number of carboxylic acids is 1. The highest BCUT2D eigenvalue weighted by Crippen LogP contribution is 2.44. The van der Waals surface area contributed by atoms with Gasteiger partial charge in [0.1, 0.15) is 12.6 Å². The van der Waals surface area contributed by atoms with Crippen molar-refractivity contribution < 1.29 is 29.0 Å². The van der Waals surface area contributed by atoms with Gasteiger partial charge >= 0.3 is 12.1 Å². The van der Waals surface area contributed by atoms with E-state index in [1.807, 2.05) is 36.4 Å². The van der Waals surface area contributed by atoms with Crippen LogP contribution in [0.15, 0.2) is 48.5 Å². The average Bonchev–Trinajstić information content (AvgIpc) is 3.10. The van der Waals surface area contributed by atoms with Gasteiger partial charge in [-0.1, -0.05) is 48.5 Å². The lowest BCUT2D eigenvalue weighted by atomic mass is 9.98. The summed E-state index contributed by atoms with van der Waals surface area (Å²) in [5, 5.41) is 14.0. The summed E-state index contributed by atoms with van der Waals surface area (Å²) in [4.78, 5) is 35.7. The van der Waals surface area contributed by atoms with Crippen molar-refractivity contribution >= 4 is 18.0 Å². The Morgan fingerprint density at radius 1 is 1.00 bits per heavy atom. The number of carbonyl (C=O) groups excluding carboxylic acids is 2. The van der Waals surface area contributed by atoms with Gasteiger partial charge in [0.25, 0.3) is 0 Å². The maximum Gasteiger partial charge on any atom is 0.407 e. The van der Waals surface area contributed by atoms with Crippen LogP contribution in [0.25, 0.3) is 11.1 Å². The predicted octanol–water partition coefficient (Wildman–Crippen LogP) is 2.91. The van der Waals surface area contributed by atoms with E-state index in [9.17, 15) is 14.4 Å². The van der Waals surface area contributed by atoms with Gasteiger partial charge < -0.3 is 25.2 Å². The summed E-state index contributed by atoms with van der Waals surface area (Å²) in [7, 11) is 1.42. The lowest BCUT2D eigenvalue weighted by molar-refractivity contribution is -0.137. The molecule has 8 heteroatoms. The number of aliphatic carboxylic acids is 1. The zero-order valence-corrected chi connectivity index (χ0v) is 18.2. The molecule has 1 aliphatic rings. The highest BCUT2D eigenvalue weighted by molar-refractivity contribution is 5.86. The van der Waals surface area contributed by atoms with Gasteiger partial charge in [0.05, 0.1) is 6.61 Å². The van der Waals surface area contributed by atoms with E-state index in [-0.39, 0.29) is 38.0 Å². The fourth-order valence-corrected chi connectivity index (χ4v) is 3.89. The maximum absolute atomic E-state index is 12.5. The van der Waals surface area contributed by atoms with Gasteiger partial charge in [-0.15, -0.1) is 0 Å². The molecule has 0 aromatic heterocycles. The summed E-state index contributed by atoms with van der Waals surface area (Å²) in [6.45, 7) is 1.80. The number of carbonyl (C=O) groups is 3. The molecule has 3 rings (SSSR count). The molecule has 0 radical (unpaired) electrons. The number of alkyl carbamates (subject to hydrolysis) is 1. The fraction of sp³-hybridized carbons (Fsp3) is 0.375. The first-order valence-corrected chi connectivity index (χ1v) is 10.5. The molecule has 170 valence electrons. The first-order chi connectivity index (χ1) is 15.4. The molecule has 3 N–H and O–H groups in total. The molecule has 2 amide bonds. The number of ether oxygens (including phenoxy) is 2. The molecule has 2 unspecified atom stereocenters. The number of amides is 2. The van der Waals surface area contributed by atoms with E-state index >= 15 is 0 Å². The van der Waals surface area contributed by atoms with E-state index in [0.29, 0.717) is 0 Å². The molecule has 8 nitrogen and oxygen atoms in total. The second kappa shape index (κ2) is 10.8. The van der Waals surface area contributed by atoms with E-state index in [1.54, 1.807) is 6.92 Å². The lowest BCUT2D eigenvalue weighted by Gasteiger charge is -2.21. The molecule has 0 saturated carbocycles. The van der Waals surface area contributed by atoms with Crippen LogP contribution in [-0.4, -0.2) is 55.5 Å². The number of nitrogens with one attached hydrogen (secondary N) is 2. The van der Waals surface area contributed by atoms with Crippen molar-refractivity contribution in [2.75, 3.05) is 20.3 Å². The Bertz CT molecular complexity index is 931. The molecular weight excluding hydrogens is 412 g/mol. The SMILES string of the molecule is COCC(NC(=O)OCC1c2ccccc2-c2ccccc21)C(=O)NC(C)CCC(=O)O. The van der Waals surface area contributed by atoms with Gasteiger partial charge in [0, 0.05) is 25.5 Å². The molecule has 0 spiro atoms. The molecule has 2 atom stereocenters. The minimum Gasteiger partial charge on any atom is -0.481 e. The van der Waals surface area contributed by atoms with Gasteiger partial charge in [-0.25, -0.2) is 4.79 Å². The molecule has 0 fully saturated rings. The first kappa shape index (κ1) is 23.3. The molecule has 2 aromatic rings. The molecule has 0 aliphatic heterocycles. The van der Waals surface area contributed by atoms with Crippen molar-refractivity contribution in [3.05, 3.63) is 59.7 Å². The summed E-state index contributed by atoms with van der Waals surface area (Å²) in [6, 6.07) is 14.7. The van der Waals surface area contributed by atoms with Crippen LogP contribution in [0.2, 0.25) is 0 Å². The van der Waals surface area contributed by atoms with Crippen molar-refractivity contribution in [3.8, 4) is 11.1 Å². The first-order valence-electron chi connectivity index (χ1n) is 10.5. The lowest BCUT2D eigenvalue weighted by Crippen LogP contribution is -2.51. The zero-order chi connectivity index (χ0) is 23.1. The van der Waals surface area contributed by atoms with Crippen molar-refractivity contribution in [1.82, 2.24) is 10.6 Å². The van der Waals surface area contributed by atoms with Crippen LogP contribution in [0, 0.1) is 0 Å². The predicted molar refractivity (Wildman–Crippen MR) is 118 cm³/mol. The van der Waals surface area contributed by atoms with E-state index in [4.69, 9.17) is 14.6 Å². The second-order valence-corrected chi connectivity index (χ2v) is 7.82.